The first kappa shape index (κ1) is 25.8. The van der Waals surface area contributed by atoms with E-state index in [-0.39, 0.29) is 37.0 Å². The van der Waals surface area contributed by atoms with Gasteiger partial charge in [-0.15, -0.1) is 0 Å². The van der Waals surface area contributed by atoms with Gasteiger partial charge in [0.1, 0.15) is 6.54 Å². The second-order valence-electron chi connectivity index (χ2n) is 9.19. The average Bonchev–Trinajstić information content (AvgIpc) is 3.24. The maximum Gasteiger partial charge on any atom is 0.256 e. The predicted octanol–water partition coefficient (Wildman–Crippen LogP) is 3.02. The number of hydrogen-bond acceptors (Lipinski definition) is 9. The van der Waals surface area contributed by atoms with E-state index in [0.29, 0.717) is 58.3 Å². The minimum Gasteiger partial charge on any atom is -0.481 e. The minimum atomic E-state index is -0.355. The molecule has 0 spiro atoms. The molecular weight excluding hydrogens is 510 g/mol. The smallest absolute Gasteiger partial charge is 0.256 e. The number of pyridine rings is 2. The summed E-state index contributed by atoms with van der Waals surface area (Å²) in [5.74, 6) is 0.348. The van der Waals surface area contributed by atoms with Crippen molar-refractivity contribution in [3.8, 4) is 17.1 Å². The van der Waals surface area contributed by atoms with Gasteiger partial charge >= 0.3 is 0 Å². The summed E-state index contributed by atoms with van der Waals surface area (Å²) in [6, 6.07) is 6.93. The standard InChI is InChI=1S/C26H28ClN7O4/c1-15(20-4-3-5-23(32-20)37-2)30-22(35)14-34-13-21-18(25(34)36)10-16(11-28-21)24-19(27)12-29-26(33-24)31-17-6-8-38-9-7-17/h3-5,10-12,15,17H,6-9,13-14H2,1-2H3,(H,30,35)(H,29,31,33)/t15-/m1/s1. The number of carbonyl (C=O) groups excluding carboxylic acids is 2. The highest BCUT2D eigenvalue weighted by molar-refractivity contribution is 6.32. The van der Waals surface area contributed by atoms with Gasteiger partial charge in [0.15, 0.2) is 0 Å². The lowest BCUT2D eigenvalue weighted by atomic mass is 10.1. The van der Waals surface area contributed by atoms with E-state index in [2.05, 4.69) is 30.6 Å². The third kappa shape index (κ3) is 5.68. The van der Waals surface area contributed by atoms with Crippen LogP contribution in [0.3, 0.4) is 0 Å². The zero-order valence-corrected chi connectivity index (χ0v) is 21.9. The van der Waals surface area contributed by atoms with Gasteiger partial charge in [-0.05, 0) is 31.9 Å². The molecule has 2 amide bonds. The number of ether oxygens (including phenoxy) is 2. The van der Waals surface area contributed by atoms with Crippen molar-refractivity contribution < 1.29 is 19.1 Å². The first-order valence-corrected chi connectivity index (χ1v) is 12.7. The van der Waals surface area contributed by atoms with E-state index in [1.165, 1.54) is 18.2 Å². The first-order valence-electron chi connectivity index (χ1n) is 12.4. The molecule has 2 N–H and O–H groups in total. The van der Waals surface area contributed by atoms with Crippen LogP contribution in [0.2, 0.25) is 5.02 Å². The van der Waals surface area contributed by atoms with Crippen LogP contribution in [0.15, 0.2) is 36.7 Å². The maximum absolute atomic E-state index is 13.2. The molecule has 2 aliphatic rings. The van der Waals surface area contributed by atoms with E-state index in [1.807, 2.05) is 13.0 Å². The van der Waals surface area contributed by atoms with Crippen molar-refractivity contribution in [2.75, 3.05) is 32.2 Å². The molecule has 3 aromatic heterocycles. The highest BCUT2D eigenvalue weighted by Crippen LogP contribution is 2.30. The van der Waals surface area contributed by atoms with Crippen LogP contribution in [0.4, 0.5) is 5.95 Å². The van der Waals surface area contributed by atoms with Crippen LogP contribution in [0, 0.1) is 0 Å². The molecule has 1 atom stereocenters. The second kappa shape index (κ2) is 11.3. The Kier molecular flexibility index (Phi) is 7.66. The van der Waals surface area contributed by atoms with Gasteiger partial charge in [0.2, 0.25) is 17.7 Å². The minimum absolute atomic E-state index is 0.105. The summed E-state index contributed by atoms with van der Waals surface area (Å²) in [5, 5.41) is 6.57. The molecule has 0 aromatic carbocycles. The number of methoxy groups -OCH3 is 1. The number of amides is 2. The molecular formula is C26H28ClN7O4. The van der Waals surface area contributed by atoms with E-state index in [0.717, 1.165) is 12.8 Å². The van der Waals surface area contributed by atoms with Crippen molar-refractivity contribution in [2.24, 2.45) is 0 Å². The molecule has 198 valence electrons. The van der Waals surface area contributed by atoms with Crippen LogP contribution in [0.25, 0.3) is 11.3 Å². The number of rotatable bonds is 8. The Hall–Kier alpha value is -3.83. The molecule has 2 aliphatic heterocycles. The van der Waals surface area contributed by atoms with E-state index < -0.39 is 0 Å². The Morgan fingerprint density at radius 1 is 1.24 bits per heavy atom. The first-order chi connectivity index (χ1) is 18.4. The van der Waals surface area contributed by atoms with Crippen LogP contribution in [0.1, 0.15) is 47.6 Å². The number of nitrogens with one attached hydrogen (secondary N) is 2. The number of nitrogens with zero attached hydrogens (tertiary/aromatic N) is 5. The van der Waals surface area contributed by atoms with E-state index >= 15 is 0 Å². The third-order valence-corrected chi connectivity index (χ3v) is 6.79. The van der Waals surface area contributed by atoms with Crippen LogP contribution in [-0.4, -0.2) is 69.6 Å². The molecule has 0 saturated carbocycles. The van der Waals surface area contributed by atoms with Crippen LogP contribution >= 0.6 is 11.6 Å². The van der Waals surface area contributed by atoms with Crippen molar-refractivity contribution in [3.05, 3.63) is 58.6 Å². The van der Waals surface area contributed by atoms with Crippen molar-refractivity contribution in [1.29, 1.82) is 0 Å². The number of aromatic nitrogens is 4. The molecule has 12 heteroatoms. The van der Waals surface area contributed by atoms with Crippen molar-refractivity contribution in [1.82, 2.24) is 30.2 Å². The average molecular weight is 538 g/mol. The molecule has 38 heavy (non-hydrogen) atoms. The van der Waals surface area contributed by atoms with Gasteiger partial charge in [0.25, 0.3) is 5.91 Å². The number of carbonyl (C=O) groups is 2. The Labute approximate surface area is 225 Å². The maximum atomic E-state index is 13.2. The van der Waals surface area contributed by atoms with Gasteiger partial charge in [-0.25, -0.2) is 15.0 Å². The number of hydrogen-bond donors (Lipinski definition) is 2. The molecule has 5 rings (SSSR count). The summed E-state index contributed by atoms with van der Waals surface area (Å²) < 4.78 is 10.6. The molecule has 1 saturated heterocycles. The molecule has 0 unspecified atom stereocenters. The fourth-order valence-corrected chi connectivity index (χ4v) is 4.67. The summed E-state index contributed by atoms with van der Waals surface area (Å²) in [6.45, 7) is 3.35. The largest absolute Gasteiger partial charge is 0.481 e. The highest BCUT2D eigenvalue weighted by atomic mass is 35.5. The second-order valence-corrected chi connectivity index (χ2v) is 9.60. The van der Waals surface area contributed by atoms with E-state index in [4.69, 9.17) is 21.1 Å². The summed E-state index contributed by atoms with van der Waals surface area (Å²) in [5.41, 5.74) is 2.76. The van der Waals surface area contributed by atoms with Crippen LogP contribution in [0.5, 0.6) is 5.88 Å². The number of fused-ring (bicyclic) bond motifs is 1. The van der Waals surface area contributed by atoms with Gasteiger partial charge < -0.3 is 25.0 Å². The monoisotopic (exact) mass is 537 g/mol. The lowest BCUT2D eigenvalue weighted by molar-refractivity contribution is -0.122. The normalized spacial score (nSPS) is 16.2. The molecule has 0 bridgehead atoms. The van der Waals surface area contributed by atoms with Crippen LogP contribution < -0.4 is 15.4 Å². The number of halogens is 1. The topological polar surface area (TPSA) is 131 Å². The Morgan fingerprint density at radius 2 is 2.05 bits per heavy atom. The van der Waals surface area contributed by atoms with Gasteiger partial charge in [0, 0.05) is 37.1 Å². The molecule has 3 aromatic rings. The Balaban J connectivity index is 1.26. The summed E-state index contributed by atoms with van der Waals surface area (Å²) in [6.07, 6.45) is 4.91. The summed E-state index contributed by atoms with van der Waals surface area (Å²) in [7, 11) is 1.54. The van der Waals surface area contributed by atoms with Crippen molar-refractivity contribution in [2.45, 2.75) is 38.4 Å². The lowest BCUT2D eigenvalue weighted by Gasteiger charge is -2.23. The van der Waals surface area contributed by atoms with Crippen molar-refractivity contribution in [3.63, 3.8) is 0 Å². The molecule has 0 radical (unpaired) electrons. The zero-order valence-electron chi connectivity index (χ0n) is 21.1. The zero-order chi connectivity index (χ0) is 26.6. The Morgan fingerprint density at radius 3 is 2.84 bits per heavy atom. The molecule has 11 nitrogen and oxygen atoms in total. The quantitative estimate of drug-likeness (QED) is 0.445. The van der Waals surface area contributed by atoms with Gasteiger partial charge in [-0.1, -0.05) is 17.7 Å². The van der Waals surface area contributed by atoms with Gasteiger partial charge in [-0.2, -0.15) is 0 Å². The number of anilines is 1. The fourth-order valence-electron chi connectivity index (χ4n) is 4.47. The summed E-state index contributed by atoms with van der Waals surface area (Å²) >= 11 is 6.41. The lowest BCUT2D eigenvalue weighted by Crippen LogP contribution is -2.38. The molecule has 1 fully saturated rings. The van der Waals surface area contributed by atoms with E-state index in [1.54, 1.807) is 24.4 Å². The third-order valence-electron chi connectivity index (χ3n) is 6.51. The van der Waals surface area contributed by atoms with Crippen molar-refractivity contribution >= 4 is 29.4 Å². The highest BCUT2D eigenvalue weighted by Gasteiger charge is 2.31. The fraction of sp³-hybridized carbons (Fsp3) is 0.385. The van der Waals surface area contributed by atoms with Crippen LogP contribution in [-0.2, 0) is 16.1 Å². The van der Waals surface area contributed by atoms with Gasteiger partial charge in [-0.3, -0.25) is 14.6 Å². The SMILES string of the molecule is COc1cccc([C@@H](C)NC(=O)CN2Cc3ncc(-c4nc(NC5CCOCC5)ncc4Cl)cc3C2=O)n1. The summed E-state index contributed by atoms with van der Waals surface area (Å²) in [4.78, 5) is 45.1. The van der Waals surface area contributed by atoms with E-state index in [9.17, 15) is 9.59 Å². The Bertz CT molecular complexity index is 1350. The molecule has 5 heterocycles. The predicted molar refractivity (Wildman–Crippen MR) is 140 cm³/mol. The van der Waals surface area contributed by atoms with Gasteiger partial charge in [0.05, 0.1) is 53.6 Å². The molecule has 0 aliphatic carbocycles.